The van der Waals surface area contributed by atoms with E-state index >= 15 is 0 Å². The fourth-order valence-corrected chi connectivity index (χ4v) is 3.92. The topological polar surface area (TPSA) is 102 Å². The molecule has 1 saturated heterocycles. The number of para-hydroxylation sites is 2. The number of carbonyl (C=O) groups is 3. The molecule has 30 heavy (non-hydrogen) atoms. The number of hydrogen-bond donors (Lipinski definition) is 1. The van der Waals surface area contributed by atoms with Crippen LogP contribution >= 0.6 is 11.8 Å². The molecule has 154 valence electrons. The van der Waals surface area contributed by atoms with E-state index in [0.29, 0.717) is 28.7 Å². The first kappa shape index (κ1) is 20.0. The van der Waals surface area contributed by atoms with Crippen LogP contribution in [-0.2, 0) is 15.3 Å². The van der Waals surface area contributed by atoms with Crippen LogP contribution < -0.4 is 5.32 Å². The Balaban J connectivity index is 1.43. The van der Waals surface area contributed by atoms with E-state index in [1.807, 2.05) is 36.4 Å². The number of oxazole rings is 1. The van der Waals surface area contributed by atoms with E-state index in [2.05, 4.69) is 10.3 Å². The molecular weight excluding hydrogens is 406 g/mol. The minimum Gasteiger partial charge on any atom is -0.449 e. The normalized spacial score (nSPS) is 14.6. The van der Waals surface area contributed by atoms with Crippen molar-refractivity contribution in [3.63, 3.8) is 0 Å². The molecule has 8 nitrogen and oxygen atoms in total. The summed E-state index contributed by atoms with van der Waals surface area (Å²) in [6.45, 7) is 2.11. The van der Waals surface area contributed by atoms with Gasteiger partial charge in [-0.05, 0) is 30.7 Å². The molecule has 3 amide bonds. The number of benzene rings is 2. The third kappa shape index (κ3) is 4.16. The molecule has 3 aromatic rings. The van der Waals surface area contributed by atoms with Crippen LogP contribution in [0.1, 0.15) is 22.8 Å². The predicted molar refractivity (Wildman–Crippen MR) is 110 cm³/mol. The Kier molecular flexibility index (Phi) is 5.71. The Morgan fingerprint density at radius 3 is 2.77 bits per heavy atom. The molecule has 1 aliphatic heterocycles. The molecule has 0 bridgehead atoms. The quantitative estimate of drug-likeness (QED) is 0.478. The molecule has 1 atom stereocenters. The lowest BCUT2D eigenvalue weighted by Crippen LogP contribution is -2.41. The maximum absolute atomic E-state index is 12.7. The molecule has 1 N–H and O–H groups in total. The molecule has 2 heterocycles. The number of hydrogen-bond acceptors (Lipinski definition) is 7. The predicted octanol–water partition coefficient (Wildman–Crippen LogP) is 3.22. The minimum absolute atomic E-state index is 0.261. The highest BCUT2D eigenvalue weighted by molar-refractivity contribution is 7.98. The van der Waals surface area contributed by atoms with Gasteiger partial charge in [-0.1, -0.05) is 42.1 Å². The number of thioether (sulfide) groups is 1. The summed E-state index contributed by atoms with van der Waals surface area (Å²) >= 11 is 1.36. The van der Waals surface area contributed by atoms with Crippen molar-refractivity contribution in [3.05, 3.63) is 59.7 Å². The smallest absolute Gasteiger partial charge is 0.339 e. The van der Waals surface area contributed by atoms with Gasteiger partial charge < -0.3 is 14.5 Å². The number of imide groups is 1. The summed E-state index contributed by atoms with van der Waals surface area (Å²) in [6, 6.07) is 14.0. The van der Waals surface area contributed by atoms with Crippen LogP contribution in [0.2, 0.25) is 0 Å². The van der Waals surface area contributed by atoms with Gasteiger partial charge in [0.05, 0.1) is 5.56 Å². The Hall–Kier alpha value is -3.33. The van der Waals surface area contributed by atoms with Crippen molar-refractivity contribution < 1.29 is 23.5 Å². The fourth-order valence-electron chi connectivity index (χ4n) is 3.07. The van der Waals surface area contributed by atoms with Crippen LogP contribution in [-0.4, -0.2) is 47.0 Å². The number of ether oxygens (including phenoxy) is 1. The molecule has 1 aromatic heterocycles. The number of aromatic nitrogens is 1. The Bertz CT molecular complexity index is 1080. The molecule has 0 spiro atoms. The summed E-state index contributed by atoms with van der Waals surface area (Å²) in [4.78, 5) is 42.2. The standard InChI is InChI=1S/C21H19N3O5S/c1-13(18(25)24-11-10-22-20(24)27)28-19(26)15-7-3-2-6-14(15)12-30-21-23-16-8-4-5-9-17(16)29-21/h2-9,13H,10-12H2,1H3,(H,22,27). The molecule has 1 fully saturated rings. The average molecular weight is 425 g/mol. The van der Waals surface area contributed by atoms with E-state index in [1.165, 1.54) is 18.7 Å². The maximum Gasteiger partial charge on any atom is 0.339 e. The zero-order valence-electron chi connectivity index (χ0n) is 16.2. The van der Waals surface area contributed by atoms with Gasteiger partial charge >= 0.3 is 12.0 Å². The van der Waals surface area contributed by atoms with E-state index in [4.69, 9.17) is 9.15 Å². The molecule has 1 unspecified atom stereocenters. The second-order valence-electron chi connectivity index (χ2n) is 6.66. The van der Waals surface area contributed by atoms with Gasteiger partial charge in [0.2, 0.25) is 0 Å². The van der Waals surface area contributed by atoms with Crippen molar-refractivity contribution in [3.8, 4) is 0 Å². The number of amides is 3. The van der Waals surface area contributed by atoms with Gasteiger partial charge in [0.25, 0.3) is 11.1 Å². The Labute approximate surface area is 176 Å². The number of nitrogens with zero attached hydrogens (tertiary/aromatic N) is 2. The second-order valence-corrected chi connectivity index (χ2v) is 7.59. The van der Waals surface area contributed by atoms with E-state index in [-0.39, 0.29) is 6.54 Å². The van der Waals surface area contributed by atoms with E-state index in [1.54, 1.807) is 12.1 Å². The van der Waals surface area contributed by atoms with E-state index in [0.717, 1.165) is 16.0 Å². The van der Waals surface area contributed by atoms with Gasteiger partial charge in [0.1, 0.15) is 5.52 Å². The molecule has 2 aromatic carbocycles. The maximum atomic E-state index is 12.7. The number of rotatable bonds is 6. The van der Waals surface area contributed by atoms with Gasteiger partial charge in [-0.15, -0.1) is 0 Å². The molecule has 9 heteroatoms. The van der Waals surface area contributed by atoms with Crippen molar-refractivity contribution in [1.82, 2.24) is 15.2 Å². The highest BCUT2D eigenvalue weighted by Gasteiger charge is 2.32. The first-order valence-corrected chi connectivity index (χ1v) is 10.4. The van der Waals surface area contributed by atoms with Crippen molar-refractivity contribution in [2.75, 3.05) is 13.1 Å². The van der Waals surface area contributed by atoms with Gasteiger partial charge in [0.15, 0.2) is 11.7 Å². The summed E-state index contributed by atoms with van der Waals surface area (Å²) in [5, 5.41) is 3.05. The fraction of sp³-hybridized carbons (Fsp3) is 0.238. The number of nitrogens with one attached hydrogen (secondary N) is 1. The lowest BCUT2D eigenvalue weighted by molar-refractivity contribution is -0.136. The van der Waals surface area contributed by atoms with Crippen LogP contribution in [0.25, 0.3) is 11.1 Å². The third-order valence-electron chi connectivity index (χ3n) is 4.62. The molecule has 0 saturated carbocycles. The summed E-state index contributed by atoms with van der Waals surface area (Å²) in [7, 11) is 0. The van der Waals surface area contributed by atoms with E-state index < -0.39 is 24.0 Å². The van der Waals surface area contributed by atoms with Crippen molar-refractivity contribution in [2.45, 2.75) is 24.0 Å². The monoisotopic (exact) mass is 425 g/mol. The van der Waals surface area contributed by atoms with Gasteiger partial charge in [-0.25, -0.2) is 14.6 Å². The summed E-state index contributed by atoms with van der Waals surface area (Å²) in [5.41, 5.74) is 2.55. The third-order valence-corrected chi connectivity index (χ3v) is 5.49. The summed E-state index contributed by atoms with van der Waals surface area (Å²) in [6.07, 6.45) is -1.07. The first-order valence-electron chi connectivity index (χ1n) is 9.39. The van der Waals surface area contributed by atoms with Crippen LogP contribution in [0.3, 0.4) is 0 Å². The van der Waals surface area contributed by atoms with Crippen molar-refractivity contribution in [1.29, 1.82) is 0 Å². The van der Waals surface area contributed by atoms with Crippen LogP contribution in [0.4, 0.5) is 4.79 Å². The Morgan fingerprint density at radius 1 is 1.23 bits per heavy atom. The SMILES string of the molecule is CC(OC(=O)c1ccccc1CSc1nc2ccccc2o1)C(=O)N1CCNC1=O. The highest BCUT2D eigenvalue weighted by Crippen LogP contribution is 2.27. The number of fused-ring (bicyclic) bond motifs is 1. The second kappa shape index (κ2) is 8.58. The summed E-state index contributed by atoms with van der Waals surface area (Å²) < 4.78 is 11.0. The van der Waals surface area contributed by atoms with Crippen LogP contribution in [0, 0.1) is 0 Å². The summed E-state index contributed by atoms with van der Waals surface area (Å²) in [5.74, 6) is -0.726. The zero-order chi connectivity index (χ0) is 21.1. The highest BCUT2D eigenvalue weighted by atomic mass is 32.2. The molecule has 0 aliphatic carbocycles. The van der Waals surface area contributed by atoms with Gasteiger partial charge in [-0.2, -0.15) is 0 Å². The molecule has 4 rings (SSSR count). The molecule has 0 radical (unpaired) electrons. The number of esters is 1. The zero-order valence-corrected chi connectivity index (χ0v) is 17.0. The lowest BCUT2D eigenvalue weighted by Gasteiger charge is -2.18. The van der Waals surface area contributed by atoms with Gasteiger partial charge in [-0.3, -0.25) is 9.69 Å². The lowest BCUT2D eigenvalue weighted by atomic mass is 10.1. The minimum atomic E-state index is -1.07. The first-order chi connectivity index (χ1) is 14.5. The van der Waals surface area contributed by atoms with Crippen molar-refractivity contribution >= 4 is 40.8 Å². The van der Waals surface area contributed by atoms with Gasteiger partial charge in [0, 0.05) is 18.8 Å². The average Bonchev–Trinajstić information content (AvgIpc) is 3.37. The van der Waals surface area contributed by atoms with Crippen LogP contribution in [0.5, 0.6) is 0 Å². The molecule has 1 aliphatic rings. The van der Waals surface area contributed by atoms with Crippen molar-refractivity contribution in [2.24, 2.45) is 0 Å². The molecular formula is C21H19N3O5S. The Morgan fingerprint density at radius 2 is 2.00 bits per heavy atom. The van der Waals surface area contributed by atoms with Crippen LogP contribution in [0.15, 0.2) is 58.2 Å². The number of carbonyl (C=O) groups excluding carboxylic acids is 3. The number of urea groups is 1. The largest absolute Gasteiger partial charge is 0.449 e. The van der Waals surface area contributed by atoms with E-state index in [9.17, 15) is 14.4 Å².